The summed E-state index contributed by atoms with van der Waals surface area (Å²) in [5, 5.41) is 3.94. The van der Waals surface area contributed by atoms with Gasteiger partial charge in [-0.25, -0.2) is 13.1 Å². The number of sulfonamides is 1. The van der Waals surface area contributed by atoms with Crippen LogP contribution in [0.3, 0.4) is 0 Å². The summed E-state index contributed by atoms with van der Waals surface area (Å²) in [5.74, 6) is 0. The fourth-order valence-corrected chi connectivity index (χ4v) is 2.45. The molecule has 1 rings (SSSR count). The molecule has 1 aromatic heterocycles. The Morgan fingerprint density at radius 2 is 2.22 bits per heavy atom. The predicted molar refractivity (Wildman–Crippen MR) is 69.6 cm³/mol. The van der Waals surface area contributed by atoms with Crippen LogP contribution < -0.4 is 10.5 Å². The minimum Gasteiger partial charge on any atom is -0.329 e. The molecule has 0 atom stereocenters. The Morgan fingerprint density at radius 3 is 2.83 bits per heavy atom. The molecule has 18 heavy (non-hydrogen) atoms. The fraction of sp³-hybridized carbons (Fsp3) is 0.700. The van der Waals surface area contributed by atoms with E-state index >= 15 is 0 Å². The molecule has 1 aromatic rings. The van der Waals surface area contributed by atoms with Crippen LogP contribution in [0, 0.1) is 0 Å². The van der Waals surface area contributed by atoms with Crippen molar-refractivity contribution in [1.29, 1.82) is 0 Å². The quantitative estimate of drug-likeness (QED) is 0.598. The smallest absolute Gasteiger partial charge is 0.243 e. The lowest BCUT2D eigenvalue weighted by atomic mass is 10.4. The average molecular weight is 275 g/mol. The summed E-state index contributed by atoms with van der Waals surface area (Å²) < 4.78 is 27.8. The normalized spacial score (nSPS) is 12.2. The van der Waals surface area contributed by atoms with Gasteiger partial charge in [-0.15, -0.1) is 0 Å². The lowest BCUT2D eigenvalue weighted by Crippen LogP contribution is -2.27. The van der Waals surface area contributed by atoms with E-state index in [1.54, 1.807) is 0 Å². The molecular formula is C10H21N5O2S. The summed E-state index contributed by atoms with van der Waals surface area (Å²) in [6.07, 6.45) is 3.59. The van der Waals surface area contributed by atoms with Gasteiger partial charge in [0.1, 0.15) is 4.90 Å². The Labute approximate surface area is 108 Å². The third-order valence-electron chi connectivity index (χ3n) is 2.35. The van der Waals surface area contributed by atoms with Gasteiger partial charge in [0.05, 0.1) is 12.7 Å². The van der Waals surface area contributed by atoms with E-state index in [0.29, 0.717) is 19.6 Å². The molecule has 0 spiro atoms. The molecule has 0 fully saturated rings. The first-order valence-corrected chi connectivity index (χ1v) is 7.31. The standard InChI is InChI=1S/C10H21N5O2S/c1-14(2)6-3-5-13-18(16,17)10-8-12-15(9-10)7-4-11/h8-9,13H,3-7,11H2,1-2H3. The van der Waals surface area contributed by atoms with Crippen LogP contribution in [0.25, 0.3) is 0 Å². The SMILES string of the molecule is CN(C)CCCNS(=O)(=O)c1cnn(CCN)c1. The fourth-order valence-electron chi connectivity index (χ4n) is 1.42. The second kappa shape index (κ2) is 6.83. The maximum atomic E-state index is 11.9. The first kappa shape index (κ1) is 15.1. The number of aromatic nitrogens is 2. The maximum Gasteiger partial charge on any atom is 0.243 e. The van der Waals surface area contributed by atoms with Crippen LogP contribution in [-0.4, -0.2) is 56.8 Å². The number of nitrogens with two attached hydrogens (primary N) is 1. The van der Waals surface area contributed by atoms with Gasteiger partial charge in [0.25, 0.3) is 0 Å². The number of nitrogens with one attached hydrogen (secondary N) is 1. The highest BCUT2D eigenvalue weighted by molar-refractivity contribution is 7.89. The first-order valence-electron chi connectivity index (χ1n) is 5.82. The van der Waals surface area contributed by atoms with Crippen molar-refractivity contribution < 1.29 is 8.42 Å². The molecule has 0 unspecified atom stereocenters. The molecule has 0 aromatic carbocycles. The largest absolute Gasteiger partial charge is 0.329 e. The molecule has 1 heterocycles. The van der Waals surface area contributed by atoms with Gasteiger partial charge in [0.15, 0.2) is 0 Å². The van der Waals surface area contributed by atoms with Gasteiger partial charge in [-0.05, 0) is 27.1 Å². The molecule has 0 bridgehead atoms. The molecule has 0 amide bonds. The van der Waals surface area contributed by atoms with E-state index in [1.165, 1.54) is 17.1 Å². The number of hydrogen-bond acceptors (Lipinski definition) is 5. The first-order chi connectivity index (χ1) is 8.45. The molecule has 104 valence electrons. The molecule has 0 saturated heterocycles. The molecular weight excluding hydrogens is 254 g/mol. The molecule has 3 N–H and O–H groups in total. The zero-order chi connectivity index (χ0) is 13.6. The average Bonchev–Trinajstić information content (AvgIpc) is 2.74. The third kappa shape index (κ3) is 4.73. The Bertz CT molecular complexity index is 455. The predicted octanol–water partition coefficient (Wildman–Crippen LogP) is -0.928. The van der Waals surface area contributed by atoms with Gasteiger partial charge >= 0.3 is 0 Å². The van der Waals surface area contributed by atoms with E-state index in [1.807, 2.05) is 19.0 Å². The zero-order valence-electron chi connectivity index (χ0n) is 10.8. The summed E-state index contributed by atoms with van der Waals surface area (Å²) in [4.78, 5) is 2.19. The van der Waals surface area contributed by atoms with E-state index < -0.39 is 10.0 Å². The maximum absolute atomic E-state index is 11.9. The van der Waals surface area contributed by atoms with E-state index in [2.05, 4.69) is 9.82 Å². The van der Waals surface area contributed by atoms with Crippen LogP contribution in [0.15, 0.2) is 17.3 Å². The Hall–Kier alpha value is -0.960. The monoisotopic (exact) mass is 275 g/mol. The highest BCUT2D eigenvalue weighted by Gasteiger charge is 2.15. The van der Waals surface area contributed by atoms with E-state index in [9.17, 15) is 8.42 Å². The van der Waals surface area contributed by atoms with E-state index in [-0.39, 0.29) is 4.90 Å². The summed E-state index contributed by atoms with van der Waals surface area (Å²) in [6.45, 7) is 2.20. The summed E-state index contributed by atoms with van der Waals surface area (Å²) in [6, 6.07) is 0. The van der Waals surface area contributed by atoms with Gasteiger partial charge in [-0.3, -0.25) is 4.68 Å². The Morgan fingerprint density at radius 1 is 1.50 bits per heavy atom. The lowest BCUT2D eigenvalue weighted by Gasteiger charge is -2.09. The molecule has 0 aliphatic heterocycles. The van der Waals surface area contributed by atoms with E-state index in [0.717, 1.165) is 13.0 Å². The van der Waals surface area contributed by atoms with Crippen LogP contribution in [-0.2, 0) is 16.6 Å². The minimum absolute atomic E-state index is 0.181. The van der Waals surface area contributed by atoms with Crippen molar-refractivity contribution in [1.82, 2.24) is 19.4 Å². The number of hydrogen-bond donors (Lipinski definition) is 2. The highest BCUT2D eigenvalue weighted by Crippen LogP contribution is 2.06. The molecule has 0 aliphatic rings. The van der Waals surface area contributed by atoms with Crippen molar-refractivity contribution in [3.8, 4) is 0 Å². The molecule has 0 saturated carbocycles. The summed E-state index contributed by atoms with van der Waals surface area (Å²) in [5.41, 5.74) is 5.37. The van der Waals surface area contributed by atoms with Crippen LogP contribution in [0.1, 0.15) is 6.42 Å². The Kier molecular flexibility index (Phi) is 5.73. The van der Waals surface area contributed by atoms with Gasteiger partial charge in [-0.2, -0.15) is 5.10 Å². The number of rotatable bonds is 8. The Balaban J connectivity index is 2.51. The molecule has 7 nitrogen and oxygen atoms in total. The van der Waals surface area contributed by atoms with E-state index in [4.69, 9.17) is 5.73 Å². The second-order valence-electron chi connectivity index (χ2n) is 4.28. The van der Waals surface area contributed by atoms with Crippen molar-refractivity contribution in [2.24, 2.45) is 5.73 Å². The third-order valence-corrected chi connectivity index (χ3v) is 3.77. The van der Waals surface area contributed by atoms with Crippen molar-refractivity contribution in [3.05, 3.63) is 12.4 Å². The van der Waals surface area contributed by atoms with Crippen molar-refractivity contribution in [3.63, 3.8) is 0 Å². The topological polar surface area (TPSA) is 93.2 Å². The van der Waals surface area contributed by atoms with Gasteiger partial charge in [0.2, 0.25) is 10.0 Å². The van der Waals surface area contributed by atoms with Gasteiger partial charge in [0, 0.05) is 19.3 Å². The molecule has 0 aliphatic carbocycles. The lowest BCUT2D eigenvalue weighted by molar-refractivity contribution is 0.400. The molecule has 0 radical (unpaired) electrons. The van der Waals surface area contributed by atoms with Crippen molar-refractivity contribution >= 4 is 10.0 Å². The van der Waals surface area contributed by atoms with Gasteiger partial charge < -0.3 is 10.6 Å². The van der Waals surface area contributed by atoms with Crippen LogP contribution in [0.5, 0.6) is 0 Å². The van der Waals surface area contributed by atoms with Crippen LogP contribution in [0.4, 0.5) is 0 Å². The second-order valence-corrected chi connectivity index (χ2v) is 6.05. The van der Waals surface area contributed by atoms with Crippen molar-refractivity contribution in [2.75, 3.05) is 33.7 Å². The summed E-state index contributed by atoms with van der Waals surface area (Å²) in [7, 11) is 0.451. The number of nitrogens with zero attached hydrogens (tertiary/aromatic N) is 3. The van der Waals surface area contributed by atoms with Crippen molar-refractivity contribution in [2.45, 2.75) is 17.9 Å². The minimum atomic E-state index is -3.45. The van der Waals surface area contributed by atoms with Gasteiger partial charge in [-0.1, -0.05) is 0 Å². The zero-order valence-corrected chi connectivity index (χ0v) is 11.7. The molecule has 8 heteroatoms. The summed E-state index contributed by atoms with van der Waals surface area (Å²) >= 11 is 0. The highest BCUT2D eigenvalue weighted by atomic mass is 32.2. The van der Waals surface area contributed by atoms with Crippen LogP contribution in [0.2, 0.25) is 0 Å². The van der Waals surface area contributed by atoms with Crippen LogP contribution >= 0.6 is 0 Å².